The van der Waals surface area contributed by atoms with E-state index in [9.17, 15) is 27.2 Å². The van der Waals surface area contributed by atoms with Gasteiger partial charge in [0.25, 0.3) is 0 Å². The molecule has 0 saturated carbocycles. The van der Waals surface area contributed by atoms with E-state index >= 15 is 0 Å². The van der Waals surface area contributed by atoms with Gasteiger partial charge in [-0.3, -0.25) is 9.59 Å². The summed E-state index contributed by atoms with van der Waals surface area (Å²) in [4.78, 5) is 24.9. The zero-order chi connectivity index (χ0) is 20.0. The van der Waals surface area contributed by atoms with Crippen LogP contribution in [0.3, 0.4) is 0 Å². The number of ether oxygens (including phenoxy) is 1. The van der Waals surface area contributed by atoms with Crippen LogP contribution in [0.4, 0.5) is 17.6 Å². The lowest BCUT2D eigenvalue weighted by atomic mass is 9.91. The van der Waals surface area contributed by atoms with Gasteiger partial charge in [-0.1, -0.05) is 12.1 Å². The van der Waals surface area contributed by atoms with Crippen molar-refractivity contribution in [2.24, 2.45) is 5.92 Å². The average Bonchev–Trinajstić information content (AvgIpc) is 2.59. The molecule has 0 amide bonds. The molecule has 3 nitrogen and oxygen atoms in total. The molecule has 1 atom stereocenters. The number of halogens is 4. The van der Waals surface area contributed by atoms with Gasteiger partial charge in [0.05, 0.1) is 6.61 Å². The molecule has 0 aliphatic rings. The van der Waals surface area contributed by atoms with Gasteiger partial charge in [-0.15, -0.1) is 0 Å². The van der Waals surface area contributed by atoms with E-state index in [4.69, 9.17) is 4.74 Å². The zero-order valence-corrected chi connectivity index (χ0v) is 15.1. The fourth-order valence-corrected chi connectivity index (χ4v) is 3.07. The molecule has 0 spiro atoms. The lowest BCUT2D eigenvalue weighted by Crippen LogP contribution is -2.28. The highest BCUT2D eigenvalue weighted by Crippen LogP contribution is 2.37. The first-order valence-electron chi connectivity index (χ1n) is 8.00. The van der Waals surface area contributed by atoms with Crippen LogP contribution in [0.15, 0.2) is 53.4 Å². The molecule has 1 unspecified atom stereocenters. The molecule has 0 aliphatic heterocycles. The van der Waals surface area contributed by atoms with Crippen molar-refractivity contribution in [3.05, 3.63) is 65.5 Å². The van der Waals surface area contributed by atoms with Crippen LogP contribution < -0.4 is 0 Å². The minimum atomic E-state index is -4.44. The number of carbonyl (C=O) groups excluding carboxylic acids is 2. The van der Waals surface area contributed by atoms with Crippen molar-refractivity contribution in [3.63, 3.8) is 0 Å². The Morgan fingerprint density at radius 3 is 2.37 bits per heavy atom. The van der Waals surface area contributed by atoms with Crippen LogP contribution in [0.25, 0.3) is 0 Å². The van der Waals surface area contributed by atoms with Crippen molar-refractivity contribution in [3.8, 4) is 0 Å². The largest absolute Gasteiger partial charge is 0.465 e. The summed E-state index contributed by atoms with van der Waals surface area (Å²) in [6.07, 6.45) is -0.124. The summed E-state index contributed by atoms with van der Waals surface area (Å²) < 4.78 is 55.6. The molecule has 0 aliphatic carbocycles. The van der Waals surface area contributed by atoms with Crippen molar-refractivity contribution in [2.75, 3.05) is 6.61 Å². The summed E-state index contributed by atoms with van der Waals surface area (Å²) in [6, 6.07) is 10.2. The minimum absolute atomic E-state index is 0.0446. The van der Waals surface area contributed by atoms with Gasteiger partial charge in [0, 0.05) is 10.5 Å². The Bertz CT molecular complexity index is 803. The molecule has 0 heterocycles. The normalized spacial score (nSPS) is 12.5. The number of hydrogen-bond acceptors (Lipinski definition) is 4. The highest BCUT2D eigenvalue weighted by atomic mass is 32.2. The number of thioether (sulfide) groups is 1. The van der Waals surface area contributed by atoms with E-state index in [-0.39, 0.29) is 35.2 Å². The van der Waals surface area contributed by atoms with E-state index < -0.39 is 29.0 Å². The van der Waals surface area contributed by atoms with Gasteiger partial charge < -0.3 is 4.74 Å². The van der Waals surface area contributed by atoms with Gasteiger partial charge in [-0.2, -0.15) is 13.2 Å². The third-order valence-electron chi connectivity index (χ3n) is 3.59. The molecule has 0 aromatic heterocycles. The van der Waals surface area contributed by atoms with Crippen molar-refractivity contribution >= 4 is 23.5 Å². The SMILES string of the molecule is CCOC(=O)C(Cc1cccc(SC(F)(F)F)c1)C(=O)c1ccc(F)cc1. The van der Waals surface area contributed by atoms with E-state index in [1.54, 1.807) is 6.92 Å². The van der Waals surface area contributed by atoms with E-state index in [1.165, 1.54) is 36.4 Å². The Balaban J connectivity index is 2.27. The van der Waals surface area contributed by atoms with Crippen LogP contribution in [0, 0.1) is 11.7 Å². The van der Waals surface area contributed by atoms with Gasteiger partial charge >= 0.3 is 11.5 Å². The van der Waals surface area contributed by atoms with Crippen molar-refractivity contribution in [2.45, 2.75) is 23.7 Å². The second-order valence-corrected chi connectivity index (χ2v) is 6.71. The number of carbonyl (C=O) groups is 2. The average molecular weight is 400 g/mol. The summed E-state index contributed by atoms with van der Waals surface area (Å²) in [5, 5.41) is 0. The Labute approximate surface area is 157 Å². The second kappa shape index (κ2) is 9.03. The Hall–Kier alpha value is -2.35. The van der Waals surface area contributed by atoms with Crippen molar-refractivity contribution < 1.29 is 31.9 Å². The van der Waals surface area contributed by atoms with Crippen LogP contribution in [-0.2, 0) is 16.0 Å². The molecule has 144 valence electrons. The monoisotopic (exact) mass is 400 g/mol. The summed E-state index contributed by atoms with van der Waals surface area (Å²) in [6.45, 7) is 1.63. The Kier molecular flexibility index (Phi) is 7.01. The van der Waals surface area contributed by atoms with E-state index in [0.29, 0.717) is 5.56 Å². The molecule has 27 heavy (non-hydrogen) atoms. The van der Waals surface area contributed by atoms with Crippen molar-refractivity contribution in [1.29, 1.82) is 0 Å². The van der Waals surface area contributed by atoms with Gasteiger partial charge in [-0.05, 0) is 67.1 Å². The van der Waals surface area contributed by atoms with E-state index in [2.05, 4.69) is 0 Å². The first-order valence-corrected chi connectivity index (χ1v) is 8.82. The number of hydrogen-bond donors (Lipinski definition) is 0. The fraction of sp³-hybridized carbons (Fsp3) is 0.263. The predicted octanol–water partition coefficient (Wildman–Crippen LogP) is 5.04. The summed E-state index contributed by atoms with van der Waals surface area (Å²) in [5.41, 5.74) is -3.93. The van der Waals surface area contributed by atoms with Crippen LogP contribution >= 0.6 is 11.8 Å². The minimum Gasteiger partial charge on any atom is -0.465 e. The molecule has 0 fully saturated rings. The summed E-state index contributed by atoms with van der Waals surface area (Å²) in [5.74, 6) is -3.12. The summed E-state index contributed by atoms with van der Waals surface area (Å²) in [7, 11) is 0. The standard InChI is InChI=1S/C19H16F4O3S/c1-2-26-18(25)16(17(24)13-6-8-14(20)9-7-13)11-12-4-3-5-15(10-12)27-19(21,22)23/h3-10,16H,2,11H2,1H3. The van der Waals surface area contributed by atoms with Crippen LogP contribution in [0.1, 0.15) is 22.8 Å². The maximum Gasteiger partial charge on any atom is 0.446 e. The first-order chi connectivity index (χ1) is 12.7. The van der Waals surface area contributed by atoms with Crippen LogP contribution in [0.2, 0.25) is 0 Å². The van der Waals surface area contributed by atoms with E-state index in [0.717, 1.165) is 12.1 Å². The van der Waals surface area contributed by atoms with Crippen LogP contribution in [-0.4, -0.2) is 23.9 Å². The Morgan fingerprint density at radius 1 is 1.11 bits per heavy atom. The number of ketones is 1. The smallest absolute Gasteiger partial charge is 0.446 e. The molecule has 2 aromatic carbocycles. The van der Waals surface area contributed by atoms with Crippen LogP contribution in [0.5, 0.6) is 0 Å². The molecule has 0 bridgehead atoms. The molecule has 8 heteroatoms. The Morgan fingerprint density at radius 2 is 1.78 bits per heavy atom. The maximum absolute atomic E-state index is 13.1. The summed E-state index contributed by atoms with van der Waals surface area (Å²) >= 11 is -0.276. The lowest BCUT2D eigenvalue weighted by Gasteiger charge is -2.15. The topological polar surface area (TPSA) is 43.4 Å². The first kappa shape index (κ1) is 21.0. The third kappa shape index (κ3) is 6.39. The van der Waals surface area contributed by atoms with E-state index in [1.807, 2.05) is 0 Å². The zero-order valence-electron chi connectivity index (χ0n) is 14.3. The highest BCUT2D eigenvalue weighted by molar-refractivity contribution is 8.00. The maximum atomic E-state index is 13.1. The third-order valence-corrected chi connectivity index (χ3v) is 4.31. The molecule has 2 aromatic rings. The molecule has 0 radical (unpaired) electrons. The highest BCUT2D eigenvalue weighted by Gasteiger charge is 2.31. The molecule has 2 rings (SSSR count). The van der Waals surface area contributed by atoms with Gasteiger partial charge in [0.15, 0.2) is 5.78 Å². The fourth-order valence-electron chi connectivity index (χ4n) is 2.45. The second-order valence-electron chi connectivity index (χ2n) is 5.58. The number of esters is 1. The van der Waals surface area contributed by atoms with Crippen molar-refractivity contribution in [1.82, 2.24) is 0 Å². The number of alkyl halides is 3. The number of rotatable bonds is 7. The molecule has 0 saturated heterocycles. The molecule has 0 N–H and O–H groups in total. The molecular weight excluding hydrogens is 384 g/mol. The number of Topliss-reactive ketones (excluding diaryl/α,β-unsaturated/α-hetero) is 1. The number of benzene rings is 2. The quantitative estimate of drug-likeness (QED) is 0.215. The lowest BCUT2D eigenvalue weighted by molar-refractivity contribution is -0.146. The van der Waals surface area contributed by atoms with Gasteiger partial charge in [-0.25, -0.2) is 4.39 Å². The van der Waals surface area contributed by atoms with Gasteiger partial charge in [0.2, 0.25) is 0 Å². The van der Waals surface area contributed by atoms with Gasteiger partial charge in [0.1, 0.15) is 11.7 Å². The predicted molar refractivity (Wildman–Crippen MR) is 92.9 cm³/mol. The molecular formula is C19H16F4O3S.